The van der Waals surface area contributed by atoms with Gasteiger partial charge in [0, 0.05) is 62.9 Å². The van der Waals surface area contributed by atoms with Gasteiger partial charge in [0.15, 0.2) is 0 Å². The van der Waals surface area contributed by atoms with Crippen molar-refractivity contribution in [2.75, 3.05) is 51.8 Å². The Morgan fingerprint density at radius 2 is 1.89 bits per heavy atom. The number of aryl methyl sites for hydroxylation is 1. The lowest BCUT2D eigenvalue weighted by Crippen LogP contribution is -2.44. The Bertz CT molecular complexity index is 1180. The van der Waals surface area contributed by atoms with Gasteiger partial charge in [-0.25, -0.2) is 0 Å². The van der Waals surface area contributed by atoms with Gasteiger partial charge in [0.2, 0.25) is 0 Å². The van der Waals surface area contributed by atoms with Gasteiger partial charge in [-0.1, -0.05) is 31.4 Å². The molecule has 2 aromatic heterocycles. The van der Waals surface area contributed by atoms with Crippen molar-refractivity contribution in [2.24, 2.45) is 5.41 Å². The van der Waals surface area contributed by atoms with Crippen LogP contribution in [0.2, 0.25) is 0 Å². The number of methoxy groups -OCH3 is 1. The van der Waals surface area contributed by atoms with Gasteiger partial charge in [0.1, 0.15) is 7.85 Å². The third-order valence-corrected chi connectivity index (χ3v) is 7.36. The molecule has 0 saturated carbocycles. The number of aliphatic hydroxyl groups excluding tert-OH is 1. The Morgan fingerprint density at radius 3 is 2.51 bits per heavy atom. The SMILES string of the molecule is [B]c1ccc2c(c1)c(CC(C)(C)CO)c(-c1cc(N3CCN(C)CC3)cnc1[C@H](C)OC)n2CC. The molecule has 3 heterocycles. The monoisotopic (exact) mass is 474 g/mol. The van der Waals surface area contributed by atoms with Crippen molar-refractivity contribution in [3.63, 3.8) is 0 Å². The Balaban J connectivity index is 1.99. The van der Waals surface area contributed by atoms with E-state index >= 15 is 0 Å². The molecule has 6 nitrogen and oxygen atoms in total. The third-order valence-electron chi connectivity index (χ3n) is 7.36. The first-order valence-corrected chi connectivity index (χ1v) is 12.7. The summed E-state index contributed by atoms with van der Waals surface area (Å²) in [6.07, 6.45) is 2.57. The van der Waals surface area contributed by atoms with E-state index in [9.17, 15) is 5.11 Å². The summed E-state index contributed by atoms with van der Waals surface area (Å²) in [5.74, 6) is 0. The van der Waals surface area contributed by atoms with E-state index in [0.717, 1.165) is 78.1 Å². The zero-order valence-corrected chi connectivity index (χ0v) is 22.1. The largest absolute Gasteiger partial charge is 0.396 e. The minimum atomic E-state index is -0.276. The second-order valence-electron chi connectivity index (χ2n) is 10.6. The lowest BCUT2D eigenvalue weighted by molar-refractivity contribution is 0.116. The predicted molar refractivity (Wildman–Crippen MR) is 146 cm³/mol. The van der Waals surface area contributed by atoms with Crippen LogP contribution in [0.4, 0.5) is 5.69 Å². The fourth-order valence-corrected chi connectivity index (χ4v) is 5.12. The van der Waals surface area contributed by atoms with Gasteiger partial charge in [-0.05, 0) is 50.4 Å². The molecule has 4 rings (SSSR count). The molecule has 1 aliphatic heterocycles. The summed E-state index contributed by atoms with van der Waals surface area (Å²) < 4.78 is 8.14. The molecule has 35 heavy (non-hydrogen) atoms. The maximum Gasteiger partial charge on any atom is 0.113 e. The Kier molecular flexibility index (Phi) is 7.60. The average Bonchev–Trinajstić information content (AvgIpc) is 3.15. The van der Waals surface area contributed by atoms with Crippen molar-refractivity contribution in [3.05, 3.63) is 41.7 Å². The number of fused-ring (bicyclic) bond motifs is 1. The number of benzene rings is 1. The fourth-order valence-electron chi connectivity index (χ4n) is 5.12. The quantitative estimate of drug-likeness (QED) is 0.507. The second kappa shape index (κ2) is 10.3. The lowest BCUT2D eigenvalue weighted by Gasteiger charge is -2.34. The van der Waals surface area contributed by atoms with Gasteiger partial charge in [-0.3, -0.25) is 4.98 Å². The molecular weight excluding hydrogens is 435 g/mol. The standard InChI is InChI=1S/C28H39BN4O2/c1-7-33-25-9-8-20(29)14-22(25)24(16-28(3,4)18-34)27(33)23-15-21(17-30-26(23)19(2)35-6)32-12-10-31(5)11-13-32/h8-9,14-15,17,19,34H,7,10-13,16,18H2,1-6H3/t19-/m0/s1. The molecule has 1 N–H and O–H groups in total. The smallest absolute Gasteiger partial charge is 0.113 e. The van der Waals surface area contributed by atoms with Gasteiger partial charge >= 0.3 is 0 Å². The summed E-state index contributed by atoms with van der Waals surface area (Å²) in [6, 6.07) is 8.45. The van der Waals surface area contributed by atoms with E-state index in [1.54, 1.807) is 7.11 Å². The minimum absolute atomic E-state index is 0.106. The van der Waals surface area contributed by atoms with E-state index in [2.05, 4.69) is 67.3 Å². The van der Waals surface area contributed by atoms with Crippen LogP contribution in [0.25, 0.3) is 22.2 Å². The van der Waals surface area contributed by atoms with E-state index in [-0.39, 0.29) is 18.1 Å². The van der Waals surface area contributed by atoms with E-state index in [1.807, 2.05) is 12.3 Å². The average molecular weight is 474 g/mol. The zero-order chi connectivity index (χ0) is 25.3. The highest BCUT2D eigenvalue weighted by Gasteiger charge is 2.28. The Morgan fingerprint density at radius 1 is 1.17 bits per heavy atom. The summed E-state index contributed by atoms with van der Waals surface area (Å²) in [7, 11) is 10.2. The van der Waals surface area contributed by atoms with E-state index in [4.69, 9.17) is 17.6 Å². The van der Waals surface area contributed by atoms with Gasteiger partial charge in [-0.2, -0.15) is 0 Å². The van der Waals surface area contributed by atoms with Crippen LogP contribution in [-0.4, -0.2) is 74.3 Å². The van der Waals surface area contributed by atoms with Crippen LogP contribution < -0.4 is 10.4 Å². The molecule has 1 atom stereocenters. The normalized spacial score (nSPS) is 16.3. The highest BCUT2D eigenvalue weighted by Crippen LogP contribution is 2.41. The van der Waals surface area contributed by atoms with Crippen LogP contribution in [-0.2, 0) is 17.7 Å². The topological polar surface area (TPSA) is 53.8 Å². The summed E-state index contributed by atoms with van der Waals surface area (Å²) >= 11 is 0. The van der Waals surface area contributed by atoms with Crippen molar-refractivity contribution in [1.29, 1.82) is 0 Å². The van der Waals surface area contributed by atoms with Crippen molar-refractivity contribution in [3.8, 4) is 11.3 Å². The molecule has 0 bridgehead atoms. The number of anilines is 1. The maximum atomic E-state index is 10.1. The summed E-state index contributed by atoms with van der Waals surface area (Å²) in [5, 5.41) is 11.3. The minimum Gasteiger partial charge on any atom is -0.396 e. The number of ether oxygens (including phenoxy) is 1. The number of rotatable bonds is 8. The molecule has 3 aromatic rings. The van der Waals surface area contributed by atoms with E-state index < -0.39 is 0 Å². The van der Waals surface area contributed by atoms with Crippen LogP contribution >= 0.6 is 0 Å². The maximum absolute atomic E-state index is 10.1. The highest BCUT2D eigenvalue weighted by atomic mass is 16.5. The van der Waals surface area contributed by atoms with Crippen molar-refractivity contribution in [2.45, 2.75) is 46.8 Å². The molecule has 0 aliphatic carbocycles. The first kappa shape index (κ1) is 25.7. The molecule has 7 heteroatoms. The summed E-state index contributed by atoms with van der Waals surface area (Å²) in [6.45, 7) is 13.4. The van der Waals surface area contributed by atoms with Gasteiger partial charge < -0.3 is 24.2 Å². The molecule has 0 amide bonds. The van der Waals surface area contributed by atoms with E-state index in [1.165, 1.54) is 5.56 Å². The molecule has 1 aromatic carbocycles. The van der Waals surface area contributed by atoms with Crippen molar-refractivity contribution in [1.82, 2.24) is 14.5 Å². The van der Waals surface area contributed by atoms with Crippen molar-refractivity contribution >= 4 is 29.9 Å². The Hall–Kier alpha value is -2.35. The number of hydrogen-bond donors (Lipinski definition) is 1. The number of aliphatic hydroxyl groups is 1. The van der Waals surface area contributed by atoms with Crippen molar-refractivity contribution < 1.29 is 9.84 Å². The molecule has 1 fully saturated rings. The Labute approximate surface area is 211 Å². The van der Waals surface area contributed by atoms with Crippen LogP contribution in [0.15, 0.2) is 30.5 Å². The number of hydrogen-bond acceptors (Lipinski definition) is 5. The highest BCUT2D eigenvalue weighted by molar-refractivity contribution is 6.33. The first-order valence-electron chi connectivity index (χ1n) is 12.7. The molecule has 1 saturated heterocycles. The van der Waals surface area contributed by atoms with Gasteiger partial charge in [0.25, 0.3) is 0 Å². The molecule has 0 spiro atoms. The van der Waals surface area contributed by atoms with Gasteiger partial charge in [0.05, 0.1) is 29.4 Å². The number of aromatic nitrogens is 2. The zero-order valence-electron chi connectivity index (χ0n) is 22.1. The molecular formula is C28H39BN4O2. The van der Waals surface area contributed by atoms with Crippen LogP contribution in [0.5, 0.6) is 0 Å². The number of nitrogens with zero attached hydrogens (tertiary/aromatic N) is 4. The summed E-state index contributed by atoms with van der Waals surface area (Å²) in [5.41, 5.74) is 7.14. The lowest BCUT2D eigenvalue weighted by atomic mass is 9.83. The van der Waals surface area contributed by atoms with Crippen LogP contribution in [0.1, 0.15) is 45.1 Å². The van der Waals surface area contributed by atoms with Crippen LogP contribution in [0.3, 0.4) is 0 Å². The molecule has 2 radical (unpaired) electrons. The summed E-state index contributed by atoms with van der Waals surface area (Å²) in [4.78, 5) is 9.76. The number of piperazine rings is 1. The second-order valence-corrected chi connectivity index (χ2v) is 10.6. The molecule has 186 valence electrons. The van der Waals surface area contributed by atoms with Gasteiger partial charge in [-0.15, -0.1) is 0 Å². The first-order chi connectivity index (χ1) is 16.7. The molecule has 0 unspecified atom stereocenters. The molecule has 1 aliphatic rings. The number of likely N-dealkylation sites (N-methyl/N-ethyl adjacent to an activating group) is 1. The van der Waals surface area contributed by atoms with Crippen LogP contribution in [0, 0.1) is 5.41 Å². The fraction of sp³-hybridized carbons (Fsp3) is 0.536. The third kappa shape index (κ3) is 5.13. The van der Waals surface area contributed by atoms with E-state index in [0.29, 0.717) is 0 Å². The number of pyridine rings is 1. The predicted octanol–water partition coefficient (Wildman–Crippen LogP) is 3.54.